The van der Waals surface area contributed by atoms with Crippen molar-refractivity contribution in [2.24, 2.45) is 21.7 Å². The highest BCUT2D eigenvalue weighted by molar-refractivity contribution is 5.81. The number of rotatable bonds is 7. The number of ether oxygens (including phenoxy) is 2. The van der Waals surface area contributed by atoms with E-state index in [2.05, 4.69) is 15.1 Å². The molecule has 0 bridgehead atoms. The summed E-state index contributed by atoms with van der Waals surface area (Å²) in [5.74, 6) is 0.789. The van der Waals surface area contributed by atoms with Crippen molar-refractivity contribution in [1.29, 1.82) is 0 Å². The Hall–Kier alpha value is -2.12. The summed E-state index contributed by atoms with van der Waals surface area (Å²) in [5.41, 5.74) is 11.3. The van der Waals surface area contributed by atoms with Crippen molar-refractivity contribution in [1.82, 2.24) is 4.90 Å². The van der Waals surface area contributed by atoms with Gasteiger partial charge in [0.25, 0.3) is 0 Å². The molecule has 0 amide bonds. The topological polar surface area (TPSA) is 98.5 Å². The maximum atomic E-state index is 5.72. The maximum Gasteiger partial charge on any atom is 0.211 e. The molecule has 0 atom stereocenters. The number of hydrogen-bond acceptors (Lipinski definition) is 5. The van der Waals surface area contributed by atoms with Crippen LogP contribution in [0.25, 0.3) is 0 Å². The lowest BCUT2D eigenvalue weighted by molar-refractivity contribution is 0.0358. The highest BCUT2D eigenvalue weighted by atomic mass is 16.5. The number of guanidine groups is 1. The quantitative estimate of drug-likeness (QED) is 0.329. The van der Waals surface area contributed by atoms with Gasteiger partial charge in [-0.15, -0.1) is 5.10 Å². The van der Waals surface area contributed by atoms with Gasteiger partial charge in [0.2, 0.25) is 5.96 Å². The van der Waals surface area contributed by atoms with Gasteiger partial charge in [0.15, 0.2) is 0 Å². The van der Waals surface area contributed by atoms with Gasteiger partial charge >= 0.3 is 0 Å². The Morgan fingerprint density at radius 3 is 2.64 bits per heavy atom. The molecular weight excluding hydrogens is 282 g/mol. The Morgan fingerprint density at radius 1 is 1.23 bits per heavy atom. The molecule has 22 heavy (non-hydrogen) atoms. The fourth-order valence-electron chi connectivity index (χ4n) is 2.12. The van der Waals surface area contributed by atoms with E-state index in [1.165, 1.54) is 0 Å². The van der Waals surface area contributed by atoms with E-state index in [0.717, 1.165) is 50.6 Å². The molecule has 1 aromatic rings. The molecule has 0 saturated carbocycles. The minimum Gasteiger partial charge on any atom is -0.494 e. The molecule has 2 rings (SSSR count). The maximum absolute atomic E-state index is 5.72. The molecular formula is C15H23N5O2. The van der Waals surface area contributed by atoms with E-state index in [-0.39, 0.29) is 5.96 Å². The smallest absolute Gasteiger partial charge is 0.211 e. The van der Waals surface area contributed by atoms with Crippen LogP contribution < -0.4 is 16.2 Å². The number of hydrogen-bond donors (Lipinski definition) is 2. The van der Waals surface area contributed by atoms with Crippen molar-refractivity contribution in [3.63, 3.8) is 0 Å². The minimum atomic E-state index is -0.0588. The van der Waals surface area contributed by atoms with E-state index in [4.69, 9.17) is 20.9 Å². The highest BCUT2D eigenvalue weighted by Gasteiger charge is 2.09. The van der Waals surface area contributed by atoms with Crippen LogP contribution >= 0.6 is 0 Å². The zero-order valence-electron chi connectivity index (χ0n) is 12.6. The minimum absolute atomic E-state index is 0.0588. The van der Waals surface area contributed by atoms with Crippen LogP contribution in [0.4, 0.5) is 0 Å². The van der Waals surface area contributed by atoms with Gasteiger partial charge in [0.1, 0.15) is 5.75 Å². The summed E-state index contributed by atoms with van der Waals surface area (Å²) in [6, 6.07) is 7.63. The molecule has 0 unspecified atom stereocenters. The molecule has 1 heterocycles. The average molecular weight is 305 g/mol. The van der Waals surface area contributed by atoms with Crippen molar-refractivity contribution in [2.45, 2.75) is 6.42 Å². The molecule has 120 valence electrons. The van der Waals surface area contributed by atoms with Gasteiger partial charge < -0.3 is 20.9 Å². The summed E-state index contributed by atoms with van der Waals surface area (Å²) >= 11 is 0. The summed E-state index contributed by atoms with van der Waals surface area (Å²) < 4.78 is 11.0. The lowest BCUT2D eigenvalue weighted by atomic mass is 10.2. The van der Waals surface area contributed by atoms with Gasteiger partial charge in [-0.05, 0) is 36.2 Å². The Morgan fingerprint density at radius 2 is 1.95 bits per heavy atom. The Kier molecular flexibility index (Phi) is 6.66. The van der Waals surface area contributed by atoms with Gasteiger partial charge in [0.05, 0.1) is 26.0 Å². The van der Waals surface area contributed by atoms with Crippen LogP contribution in [0.15, 0.2) is 34.5 Å². The Labute approximate surface area is 130 Å². The average Bonchev–Trinajstić information content (AvgIpc) is 2.54. The van der Waals surface area contributed by atoms with E-state index in [1.54, 1.807) is 6.21 Å². The number of nitrogens with two attached hydrogens (primary N) is 2. The van der Waals surface area contributed by atoms with Gasteiger partial charge in [-0.25, -0.2) is 0 Å². The lowest BCUT2D eigenvalue weighted by Gasteiger charge is -2.26. The third kappa shape index (κ3) is 6.11. The second-order valence-corrected chi connectivity index (χ2v) is 4.99. The molecule has 1 saturated heterocycles. The van der Waals surface area contributed by atoms with Crippen molar-refractivity contribution in [2.75, 3.05) is 39.5 Å². The summed E-state index contributed by atoms with van der Waals surface area (Å²) in [6.07, 6.45) is 2.59. The predicted molar refractivity (Wildman–Crippen MR) is 87.2 cm³/mol. The first kappa shape index (κ1) is 16.3. The summed E-state index contributed by atoms with van der Waals surface area (Å²) in [5, 5.41) is 7.30. The number of nitrogens with zero attached hydrogens (tertiary/aromatic N) is 3. The van der Waals surface area contributed by atoms with Gasteiger partial charge in [-0.3, -0.25) is 4.90 Å². The molecule has 0 aromatic heterocycles. The van der Waals surface area contributed by atoms with Crippen LogP contribution in [-0.4, -0.2) is 56.5 Å². The molecule has 0 spiro atoms. The standard InChI is InChI=1S/C15H23N5O2/c16-15(17)19-18-12-13-2-4-14(5-3-13)22-9-1-6-20-7-10-21-11-8-20/h2-5,12H,1,6-11H2,(H4,16,17,19). The molecule has 7 heteroatoms. The van der Waals surface area contributed by atoms with Crippen molar-refractivity contribution >= 4 is 12.2 Å². The van der Waals surface area contributed by atoms with Gasteiger partial charge in [-0.2, -0.15) is 5.10 Å². The first-order valence-corrected chi connectivity index (χ1v) is 7.39. The normalized spacial score (nSPS) is 15.8. The summed E-state index contributed by atoms with van der Waals surface area (Å²) in [6.45, 7) is 5.46. The molecule has 7 nitrogen and oxygen atoms in total. The zero-order chi connectivity index (χ0) is 15.6. The van der Waals surface area contributed by atoms with Crippen LogP contribution in [0.5, 0.6) is 5.75 Å². The van der Waals surface area contributed by atoms with E-state index >= 15 is 0 Å². The Balaban J connectivity index is 1.67. The Bertz CT molecular complexity index is 491. The summed E-state index contributed by atoms with van der Waals surface area (Å²) in [4.78, 5) is 2.40. The first-order valence-electron chi connectivity index (χ1n) is 7.39. The monoisotopic (exact) mass is 305 g/mol. The molecule has 1 aliphatic heterocycles. The van der Waals surface area contributed by atoms with Crippen LogP contribution in [0.1, 0.15) is 12.0 Å². The first-order chi connectivity index (χ1) is 10.7. The van der Waals surface area contributed by atoms with Crippen LogP contribution in [0.2, 0.25) is 0 Å². The zero-order valence-corrected chi connectivity index (χ0v) is 12.6. The summed E-state index contributed by atoms with van der Waals surface area (Å²) in [7, 11) is 0. The van der Waals surface area contributed by atoms with Crippen molar-refractivity contribution in [3.05, 3.63) is 29.8 Å². The second-order valence-electron chi connectivity index (χ2n) is 4.99. The van der Waals surface area contributed by atoms with Gasteiger partial charge in [-0.1, -0.05) is 0 Å². The molecule has 1 aliphatic rings. The SMILES string of the molecule is NC(N)=NN=Cc1ccc(OCCCN2CCOCC2)cc1. The fraction of sp³-hybridized carbons (Fsp3) is 0.467. The number of benzene rings is 1. The van der Waals surface area contributed by atoms with E-state index in [0.29, 0.717) is 6.61 Å². The predicted octanol–water partition coefficient (Wildman–Crippen LogP) is 0.395. The highest BCUT2D eigenvalue weighted by Crippen LogP contribution is 2.11. The van der Waals surface area contributed by atoms with Crippen LogP contribution in [-0.2, 0) is 4.74 Å². The third-order valence-electron chi connectivity index (χ3n) is 3.25. The molecule has 1 fully saturated rings. The van der Waals surface area contributed by atoms with Crippen molar-refractivity contribution < 1.29 is 9.47 Å². The van der Waals surface area contributed by atoms with E-state index in [1.807, 2.05) is 24.3 Å². The van der Waals surface area contributed by atoms with Crippen molar-refractivity contribution in [3.8, 4) is 5.75 Å². The van der Waals surface area contributed by atoms with Crippen LogP contribution in [0.3, 0.4) is 0 Å². The lowest BCUT2D eigenvalue weighted by Crippen LogP contribution is -2.37. The van der Waals surface area contributed by atoms with Gasteiger partial charge in [0, 0.05) is 19.6 Å². The largest absolute Gasteiger partial charge is 0.494 e. The number of morpholine rings is 1. The fourth-order valence-corrected chi connectivity index (χ4v) is 2.12. The molecule has 1 aromatic carbocycles. The van der Waals surface area contributed by atoms with Crippen LogP contribution in [0, 0.1) is 0 Å². The third-order valence-corrected chi connectivity index (χ3v) is 3.25. The van der Waals surface area contributed by atoms with E-state index in [9.17, 15) is 0 Å². The molecule has 0 aliphatic carbocycles. The molecule has 0 radical (unpaired) electrons. The van der Waals surface area contributed by atoms with E-state index < -0.39 is 0 Å². The second kappa shape index (κ2) is 9.01. The molecule has 4 N–H and O–H groups in total.